The van der Waals surface area contributed by atoms with Crippen LogP contribution in [0, 0.1) is 0 Å². The Bertz CT molecular complexity index is 527. The second kappa shape index (κ2) is 8.39. The third-order valence-electron chi connectivity index (χ3n) is 4.35. The Kier molecular flexibility index (Phi) is 6.51. The molecule has 0 aromatic heterocycles. The van der Waals surface area contributed by atoms with E-state index < -0.39 is 0 Å². The molecule has 2 rings (SSSR count). The van der Waals surface area contributed by atoms with Crippen LogP contribution in [0.25, 0.3) is 0 Å². The van der Waals surface area contributed by atoms with Gasteiger partial charge >= 0.3 is 0 Å². The van der Waals surface area contributed by atoms with E-state index in [-0.39, 0.29) is 17.1 Å². The molecule has 1 aromatic carbocycles. The minimum Gasteiger partial charge on any atom is -0.339 e. The van der Waals surface area contributed by atoms with Crippen LogP contribution in [0.2, 0.25) is 0 Å². The number of benzene rings is 1. The van der Waals surface area contributed by atoms with Gasteiger partial charge in [0, 0.05) is 38.9 Å². The van der Waals surface area contributed by atoms with Gasteiger partial charge in [-0.1, -0.05) is 37.3 Å². The SMILES string of the molecule is CC(=O)N1CCN(C(=O)[C@H](C)SC[C@H](C)c2ccccc2)CC1. The summed E-state index contributed by atoms with van der Waals surface area (Å²) in [6.45, 7) is 8.38. The molecule has 0 bridgehead atoms. The fraction of sp³-hybridized carbons (Fsp3) is 0.556. The van der Waals surface area contributed by atoms with Gasteiger partial charge in [-0.3, -0.25) is 9.59 Å². The van der Waals surface area contributed by atoms with E-state index in [4.69, 9.17) is 0 Å². The summed E-state index contributed by atoms with van der Waals surface area (Å²) in [6.07, 6.45) is 0. The zero-order valence-corrected chi connectivity index (χ0v) is 15.0. The lowest BCUT2D eigenvalue weighted by atomic mass is 10.0. The first-order valence-corrected chi connectivity index (χ1v) is 9.24. The predicted octanol–water partition coefficient (Wildman–Crippen LogP) is 2.60. The monoisotopic (exact) mass is 334 g/mol. The lowest BCUT2D eigenvalue weighted by Gasteiger charge is -2.35. The highest BCUT2D eigenvalue weighted by atomic mass is 32.2. The van der Waals surface area contributed by atoms with Crippen LogP contribution in [0.4, 0.5) is 0 Å². The number of piperazine rings is 1. The average molecular weight is 334 g/mol. The first kappa shape index (κ1) is 17.9. The van der Waals surface area contributed by atoms with Crippen LogP contribution in [0.15, 0.2) is 30.3 Å². The van der Waals surface area contributed by atoms with Crippen LogP contribution in [0.1, 0.15) is 32.3 Å². The minimum atomic E-state index is -0.0370. The fourth-order valence-corrected chi connectivity index (χ4v) is 3.80. The van der Waals surface area contributed by atoms with Gasteiger partial charge in [-0.05, 0) is 18.4 Å². The molecule has 1 saturated heterocycles. The van der Waals surface area contributed by atoms with E-state index in [1.54, 1.807) is 23.6 Å². The molecule has 1 heterocycles. The molecule has 0 unspecified atom stereocenters. The van der Waals surface area contributed by atoms with E-state index in [9.17, 15) is 9.59 Å². The van der Waals surface area contributed by atoms with Gasteiger partial charge in [0.15, 0.2) is 0 Å². The number of carbonyl (C=O) groups is 2. The van der Waals surface area contributed by atoms with Crippen molar-refractivity contribution in [3.63, 3.8) is 0 Å². The number of amides is 2. The number of nitrogens with zero attached hydrogens (tertiary/aromatic N) is 2. The fourth-order valence-electron chi connectivity index (χ4n) is 2.74. The zero-order chi connectivity index (χ0) is 16.8. The van der Waals surface area contributed by atoms with Gasteiger partial charge in [-0.25, -0.2) is 0 Å². The maximum atomic E-state index is 12.5. The molecule has 1 aliphatic rings. The number of hydrogen-bond donors (Lipinski definition) is 0. The van der Waals surface area contributed by atoms with Crippen molar-refractivity contribution in [3.05, 3.63) is 35.9 Å². The highest BCUT2D eigenvalue weighted by molar-refractivity contribution is 8.00. The summed E-state index contributed by atoms with van der Waals surface area (Å²) in [5.41, 5.74) is 1.31. The maximum Gasteiger partial charge on any atom is 0.235 e. The molecule has 0 spiro atoms. The summed E-state index contributed by atoms with van der Waals surface area (Å²) >= 11 is 1.72. The maximum absolute atomic E-state index is 12.5. The van der Waals surface area contributed by atoms with Gasteiger partial charge in [0.1, 0.15) is 0 Å². The third-order valence-corrected chi connectivity index (χ3v) is 5.74. The summed E-state index contributed by atoms with van der Waals surface area (Å²) < 4.78 is 0. The van der Waals surface area contributed by atoms with Gasteiger partial charge in [0.2, 0.25) is 11.8 Å². The highest BCUT2D eigenvalue weighted by Gasteiger charge is 2.26. The van der Waals surface area contributed by atoms with Gasteiger partial charge in [0.25, 0.3) is 0 Å². The van der Waals surface area contributed by atoms with Crippen LogP contribution < -0.4 is 0 Å². The van der Waals surface area contributed by atoms with E-state index in [1.165, 1.54) is 5.56 Å². The zero-order valence-electron chi connectivity index (χ0n) is 14.2. The van der Waals surface area contributed by atoms with E-state index in [2.05, 4.69) is 31.2 Å². The lowest BCUT2D eigenvalue weighted by Crippen LogP contribution is -2.51. The molecule has 5 heteroatoms. The largest absolute Gasteiger partial charge is 0.339 e. The summed E-state index contributed by atoms with van der Waals surface area (Å²) in [4.78, 5) is 27.6. The van der Waals surface area contributed by atoms with Gasteiger partial charge in [-0.15, -0.1) is 11.8 Å². The average Bonchev–Trinajstić information content (AvgIpc) is 2.59. The summed E-state index contributed by atoms with van der Waals surface area (Å²) in [7, 11) is 0. The van der Waals surface area contributed by atoms with Crippen molar-refractivity contribution in [2.45, 2.75) is 31.9 Å². The first-order chi connectivity index (χ1) is 11.0. The van der Waals surface area contributed by atoms with Crippen molar-refractivity contribution in [1.82, 2.24) is 9.80 Å². The Morgan fingerprint density at radius 2 is 1.61 bits per heavy atom. The summed E-state index contributed by atoms with van der Waals surface area (Å²) in [5, 5.41) is -0.0370. The van der Waals surface area contributed by atoms with E-state index >= 15 is 0 Å². The number of hydrogen-bond acceptors (Lipinski definition) is 3. The molecular weight excluding hydrogens is 308 g/mol. The van der Waals surface area contributed by atoms with Crippen molar-refractivity contribution in [3.8, 4) is 0 Å². The molecule has 4 nitrogen and oxygen atoms in total. The van der Waals surface area contributed by atoms with E-state index in [0.717, 1.165) is 5.75 Å². The van der Waals surface area contributed by atoms with Crippen molar-refractivity contribution in [2.75, 3.05) is 31.9 Å². The molecule has 23 heavy (non-hydrogen) atoms. The second-order valence-electron chi connectivity index (χ2n) is 6.12. The van der Waals surface area contributed by atoms with Crippen LogP contribution >= 0.6 is 11.8 Å². The molecule has 0 aliphatic carbocycles. The summed E-state index contributed by atoms with van der Waals surface area (Å²) in [6, 6.07) is 10.4. The number of thioether (sulfide) groups is 1. The van der Waals surface area contributed by atoms with Crippen LogP contribution in [0.3, 0.4) is 0 Å². The lowest BCUT2D eigenvalue weighted by molar-refractivity contribution is -0.137. The Morgan fingerprint density at radius 3 is 2.17 bits per heavy atom. The molecule has 0 N–H and O–H groups in total. The Morgan fingerprint density at radius 1 is 1.04 bits per heavy atom. The quantitative estimate of drug-likeness (QED) is 0.831. The standard InChI is InChI=1S/C18H26N2O2S/c1-14(17-7-5-4-6-8-17)13-23-15(2)18(22)20-11-9-19(10-12-20)16(3)21/h4-8,14-15H,9-13H2,1-3H3/t14-,15-/m0/s1. The van der Waals surface area contributed by atoms with Gasteiger partial charge in [-0.2, -0.15) is 0 Å². The van der Waals surface area contributed by atoms with E-state index in [0.29, 0.717) is 32.1 Å². The topological polar surface area (TPSA) is 40.6 Å². The molecule has 1 fully saturated rings. The molecule has 1 aliphatic heterocycles. The van der Waals surface area contributed by atoms with Crippen molar-refractivity contribution >= 4 is 23.6 Å². The van der Waals surface area contributed by atoms with Crippen molar-refractivity contribution < 1.29 is 9.59 Å². The Balaban J connectivity index is 1.78. The number of rotatable bonds is 5. The second-order valence-corrected chi connectivity index (χ2v) is 7.49. The Hall–Kier alpha value is -1.49. The molecule has 2 atom stereocenters. The Labute approximate surface area is 143 Å². The highest BCUT2D eigenvalue weighted by Crippen LogP contribution is 2.24. The predicted molar refractivity (Wildman–Crippen MR) is 95.6 cm³/mol. The molecule has 126 valence electrons. The van der Waals surface area contributed by atoms with Gasteiger partial charge in [0.05, 0.1) is 5.25 Å². The molecular formula is C18H26N2O2S. The molecule has 0 radical (unpaired) electrons. The molecule has 0 saturated carbocycles. The van der Waals surface area contributed by atoms with Crippen LogP contribution in [-0.2, 0) is 9.59 Å². The third kappa shape index (κ3) is 4.99. The molecule has 1 aromatic rings. The first-order valence-electron chi connectivity index (χ1n) is 8.20. The van der Waals surface area contributed by atoms with Crippen LogP contribution in [0.5, 0.6) is 0 Å². The van der Waals surface area contributed by atoms with Gasteiger partial charge < -0.3 is 9.80 Å². The normalized spacial score (nSPS) is 17.7. The van der Waals surface area contributed by atoms with Crippen molar-refractivity contribution in [2.24, 2.45) is 0 Å². The van der Waals surface area contributed by atoms with E-state index in [1.807, 2.05) is 17.9 Å². The van der Waals surface area contributed by atoms with Crippen molar-refractivity contribution in [1.29, 1.82) is 0 Å². The number of carbonyl (C=O) groups excluding carboxylic acids is 2. The smallest absolute Gasteiger partial charge is 0.235 e. The molecule has 2 amide bonds. The van der Waals surface area contributed by atoms with Crippen LogP contribution in [-0.4, -0.2) is 58.8 Å². The summed E-state index contributed by atoms with van der Waals surface area (Å²) in [5.74, 6) is 1.66. The minimum absolute atomic E-state index is 0.0370.